The molecule has 10 N–H and O–H groups in total. The third-order valence-corrected chi connectivity index (χ3v) is 7.75. The van der Waals surface area contributed by atoms with Crippen molar-refractivity contribution in [2.75, 3.05) is 0 Å². The molecule has 254 valence electrons. The molecule has 4 amide bonds. The summed E-state index contributed by atoms with van der Waals surface area (Å²) in [6, 6.07) is 12.6. The van der Waals surface area contributed by atoms with E-state index in [1.165, 1.54) is 13.8 Å². The second-order valence-electron chi connectivity index (χ2n) is 12.6. The van der Waals surface area contributed by atoms with Gasteiger partial charge in [0.15, 0.2) is 0 Å². The van der Waals surface area contributed by atoms with Gasteiger partial charge in [0.2, 0.25) is 23.6 Å². The third-order valence-electron chi connectivity index (χ3n) is 7.75. The van der Waals surface area contributed by atoms with Crippen molar-refractivity contribution >= 4 is 23.6 Å². The normalized spacial score (nSPS) is 16.7. The smallest absolute Gasteiger partial charge is 0.243 e. The van der Waals surface area contributed by atoms with Gasteiger partial charge in [-0.15, -0.1) is 0 Å². The zero-order valence-electron chi connectivity index (χ0n) is 27.6. The monoisotopic (exact) mass is 640 g/mol. The number of amides is 4. The first kappa shape index (κ1) is 38.3. The number of aliphatic hydroxyl groups excluding tert-OH is 2. The van der Waals surface area contributed by atoms with Crippen LogP contribution in [0, 0.1) is 11.8 Å². The van der Waals surface area contributed by atoms with Crippen LogP contribution in [-0.4, -0.2) is 82.3 Å². The molecular weight excluding hydrogens is 588 g/mol. The average molecular weight is 641 g/mol. The molecule has 12 heteroatoms. The fourth-order valence-electron chi connectivity index (χ4n) is 4.91. The summed E-state index contributed by atoms with van der Waals surface area (Å²) < 4.78 is 0. The van der Waals surface area contributed by atoms with Crippen molar-refractivity contribution < 1.29 is 29.4 Å². The SMILES string of the molecule is CC(C)C(NC(=O)[C@H](C)N)C(=O)N[C@@H](Cc1ccccc1)[C@@H](O)[C@H](O)[C@H](Cc1ccccc1)NC(=O)C(NC(=O)[C@H](C)N)C(C)C. The van der Waals surface area contributed by atoms with Crippen molar-refractivity contribution in [2.45, 2.75) is 103 Å². The Morgan fingerprint density at radius 3 is 1.11 bits per heavy atom. The number of nitrogens with two attached hydrogens (primary N) is 2. The van der Waals surface area contributed by atoms with Crippen LogP contribution in [0.1, 0.15) is 52.7 Å². The average Bonchev–Trinajstić information content (AvgIpc) is 3.01. The Bertz CT molecular complexity index is 1160. The molecule has 0 aliphatic carbocycles. The molecule has 0 heterocycles. The molecule has 2 unspecified atom stereocenters. The number of carbonyl (C=O) groups excluding carboxylic acids is 4. The largest absolute Gasteiger partial charge is 0.388 e. The van der Waals surface area contributed by atoms with Crippen molar-refractivity contribution in [3.05, 3.63) is 71.8 Å². The molecule has 0 bridgehead atoms. The molecule has 0 radical (unpaired) electrons. The van der Waals surface area contributed by atoms with E-state index in [0.717, 1.165) is 11.1 Å². The maximum absolute atomic E-state index is 13.6. The minimum Gasteiger partial charge on any atom is -0.388 e. The van der Waals surface area contributed by atoms with Gasteiger partial charge in [0.25, 0.3) is 0 Å². The van der Waals surface area contributed by atoms with Gasteiger partial charge < -0.3 is 42.9 Å². The molecule has 2 aromatic rings. The van der Waals surface area contributed by atoms with E-state index in [0.29, 0.717) is 0 Å². The summed E-state index contributed by atoms with van der Waals surface area (Å²) >= 11 is 0. The number of benzene rings is 2. The van der Waals surface area contributed by atoms with Gasteiger partial charge >= 0.3 is 0 Å². The van der Waals surface area contributed by atoms with Crippen LogP contribution >= 0.6 is 0 Å². The van der Waals surface area contributed by atoms with Crippen molar-refractivity contribution in [3.63, 3.8) is 0 Å². The first-order chi connectivity index (χ1) is 21.6. The van der Waals surface area contributed by atoms with Gasteiger partial charge in [-0.1, -0.05) is 88.4 Å². The lowest BCUT2D eigenvalue weighted by Crippen LogP contribution is -2.62. The maximum Gasteiger partial charge on any atom is 0.243 e. The predicted octanol–water partition coefficient (Wildman–Crippen LogP) is 0.139. The van der Waals surface area contributed by atoms with Crippen molar-refractivity contribution in [2.24, 2.45) is 23.3 Å². The molecule has 8 atom stereocenters. The first-order valence-corrected chi connectivity index (χ1v) is 15.8. The highest BCUT2D eigenvalue weighted by atomic mass is 16.3. The van der Waals surface area contributed by atoms with E-state index in [2.05, 4.69) is 21.3 Å². The Balaban J connectivity index is 2.44. The second-order valence-corrected chi connectivity index (χ2v) is 12.6. The number of aliphatic hydroxyl groups is 2. The first-order valence-electron chi connectivity index (χ1n) is 15.8. The highest BCUT2D eigenvalue weighted by Gasteiger charge is 2.37. The van der Waals surface area contributed by atoms with Crippen molar-refractivity contribution in [1.29, 1.82) is 0 Å². The van der Waals surface area contributed by atoms with Gasteiger partial charge in [-0.05, 0) is 49.7 Å². The molecule has 0 aromatic heterocycles. The summed E-state index contributed by atoms with van der Waals surface area (Å²) in [5, 5.41) is 34.4. The highest BCUT2D eigenvalue weighted by Crippen LogP contribution is 2.17. The molecule has 12 nitrogen and oxygen atoms in total. The van der Waals surface area contributed by atoms with Crippen LogP contribution in [0.4, 0.5) is 0 Å². The fourth-order valence-corrected chi connectivity index (χ4v) is 4.91. The summed E-state index contributed by atoms with van der Waals surface area (Å²) in [6.45, 7) is 10.1. The summed E-state index contributed by atoms with van der Waals surface area (Å²) in [5.41, 5.74) is 13.0. The summed E-state index contributed by atoms with van der Waals surface area (Å²) in [6.07, 6.45) is -2.85. The Labute approximate surface area is 272 Å². The zero-order valence-corrected chi connectivity index (χ0v) is 27.6. The Morgan fingerprint density at radius 2 is 0.848 bits per heavy atom. The lowest BCUT2D eigenvalue weighted by molar-refractivity contribution is -0.133. The Kier molecular flexibility index (Phi) is 15.3. The zero-order chi connectivity index (χ0) is 34.6. The second kappa shape index (κ2) is 18.3. The minimum atomic E-state index is -1.56. The third kappa shape index (κ3) is 11.8. The van der Waals surface area contributed by atoms with E-state index in [-0.39, 0.29) is 24.7 Å². The number of hydrogen-bond donors (Lipinski definition) is 8. The highest BCUT2D eigenvalue weighted by molar-refractivity contribution is 5.90. The van der Waals surface area contributed by atoms with E-state index in [4.69, 9.17) is 11.5 Å². The summed E-state index contributed by atoms with van der Waals surface area (Å²) in [5.74, 6) is -2.75. The Hall–Kier alpha value is -3.84. The predicted molar refractivity (Wildman–Crippen MR) is 177 cm³/mol. The molecule has 46 heavy (non-hydrogen) atoms. The molecule has 0 aliphatic heterocycles. The minimum absolute atomic E-state index is 0.141. The van der Waals surface area contributed by atoms with Gasteiger partial charge in [0, 0.05) is 0 Å². The van der Waals surface area contributed by atoms with Crippen LogP contribution in [0.25, 0.3) is 0 Å². The van der Waals surface area contributed by atoms with Crippen LogP contribution in [0.3, 0.4) is 0 Å². The van der Waals surface area contributed by atoms with E-state index >= 15 is 0 Å². The summed E-state index contributed by atoms with van der Waals surface area (Å²) in [4.78, 5) is 51.9. The molecular formula is C34H52N6O6. The van der Waals surface area contributed by atoms with Gasteiger partial charge in [-0.2, -0.15) is 0 Å². The fraction of sp³-hybridized carbons (Fsp3) is 0.529. The van der Waals surface area contributed by atoms with E-state index < -0.39 is 72.1 Å². The van der Waals surface area contributed by atoms with Crippen LogP contribution in [-0.2, 0) is 32.0 Å². The molecule has 0 aliphatic rings. The van der Waals surface area contributed by atoms with Gasteiger partial charge in [-0.3, -0.25) is 19.2 Å². The van der Waals surface area contributed by atoms with Crippen LogP contribution in [0.5, 0.6) is 0 Å². The van der Waals surface area contributed by atoms with E-state index in [1.807, 2.05) is 60.7 Å². The standard InChI is InChI=1S/C34H52N6O6/c1-19(2)27(39-31(43)21(5)35)33(45)37-25(17-23-13-9-7-10-14-23)29(41)30(42)26(18-24-15-11-8-12-16-24)38-34(46)28(20(3)4)40-32(44)22(6)36/h7-16,19-22,25-30,41-42H,17-18,35-36H2,1-6H3,(H,37,45)(H,38,46)(H,39,43)(H,40,44)/t21-,22-,25-,26-,27?,28?,29+,30+/m0/s1. The lowest BCUT2D eigenvalue weighted by Gasteiger charge is -2.35. The molecule has 0 saturated carbocycles. The quantitative estimate of drug-likeness (QED) is 0.119. The number of carbonyl (C=O) groups is 4. The van der Waals surface area contributed by atoms with Crippen molar-refractivity contribution in [3.8, 4) is 0 Å². The van der Waals surface area contributed by atoms with Crippen molar-refractivity contribution in [1.82, 2.24) is 21.3 Å². The lowest BCUT2D eigenvalue weighted by atomic mass is 9.90. The van der Waals surface area contributed by atoms with Gasteiger partial charge in [0.05, 0.1) is 24.2 Å². The maximum atomic E-state index is 13.6. The number of rotatable bonds is 17. The van der Waals surface area contributed by atoms with E-state index in [1.54, 1.807) is 27.7 Å². The molecule has 2 aromatic carbocycles. The molecule has 0 saturated heterocycles. The number of nitrogens with one attached hydrogen (secondary N) is 4. The molecule has 2 rings (SSSR count). The number of hydrogen-bond acceptors (Lipinski definition) is 8. The summed E-state index contributed by atoms with van der Waals surface area (Å²) in [7, 11) is 0. The van der Waals surface area contributed by atoms with E-state index in [9.17, 15) is 29.4 Å². The Morgan fingerprint density at radius 1 is 0.543 bits per heavy atom. The van der Waals surface area contributed by atoms with Crippen LogP contribution < -0.4 is 32.7 Å². The topological polar surface area (TPSA) is 209 Å². The molecule has 0 fully saturated rings. The van der Waals surface area contributed by atoms with Gasteiger partial charge in [0.1, 0.15) is 24.3 Å². The molecule has 0 spiro atoms. The van der Waals surface area contributed by atoms with Crippen LogP contribution in [0.15, 0.2) is 60.7 Å². The van der Waals surface area contributed by atoms with Gasteiger partial charge in [-0.25, -0.2) is 0 Å². The van der Waals surface area contributed by atoms with Crippen LogP contribution in [0.2, 0.25) is 0 Å².